The highest BCUT2D eigenvalue weighted by Crippen LogP contribution is 2.32. The van der Waals surface area contributed by atoms with Crippen molar-refractivity contribution < 1.29 is 19.1 Å². The molecule has 2 aromatic rings. The van der Waals surface area contributed by atoms with E-state index in [1.807, 2.05) is 23.6 Å². The van der Waals surface area contributed by atoms with Crippen molar-refractivity contribution in [1.82, 2.24) is 10.6 Å². The van der Waals surface area contributed by atoms with Crippen LogP contribution in [0.15, 0.2) is 35.7 Å². The van der Waals surface area contributed by atoms with Crippen molar-refractivity contribution in [2.75, 3.05) is 19.9 Å². The van der Waals surface area contributed by atoms with E-state index in [1.54, 1.807) is 12.1 Å². The molecular formula is C16H16N2O4S. The summed E-state index contributed by atoms with van der Waals surface area (Å²) < 4.78 is 10.6. The van der Waals surface area contributed by atoms with Crippen molar-refractivity contribution in [2.45, 2.75) is 6.42 Å². The minimum Gasteiger partial charge on any atom is -0.454 e. The van der Waals surface area contributed by atoms with Crippen LogP contribution in [-0.4, -0.2) is 31.7 Å². The summed E-state index contributed by atoms with van der Waals surface area (Å²) in [6.07, 6.45) is 0.682. The molecule has 120 valence electrons. The summed E-state index contributed by atoms with van der Waals surface area (Å²) in [5, 5.41) is 7.19. The lowest BCUT2D eigenvalue weighted by atomic mass is 10.1. The number of hydrogen-bond donors (Lipinski definition) is 2. The van der Waals surface area contributed by atoms with E-state index < -0.39 is 0 Å². The molecule has 2 amide bonds. The fourth-order valence-corrected chi connectivity index (χ4v) is 2.80. The molecule has 7 heteroatoms. The largest absolute Gasteiger partial charge is 0.454 e. The zero-order valence-electron chi connectivity index (χ0n) is 12.3. The summed E-state index contributed by atoms with van der Waals surface area (Å²) >= 11 is 1.34. The van der Waals surface area contributed by atoms with Crippen LogP contribution in [-0.2, 0) is 11.2 Å². The number of benzene rings is 1. The first kappa shape index (κ1) is 15.4. The standard InChI is InChI=1S/C16H16N2O4S/c19-15(9-18-16(20)14-2-1-7-23-14)17-6-5-11-3-4-12-13(8-11)22-10-21-12/h1-4,7-8H,5-6,9-10H2,(H,17,19)(H,18,20). The quantitative estimate of drug-likeness (QED) is 0.842. The van der Waals surface area contributed by atoms with Gasteiger partial charge in [-0.2, -0.15) is 0 Å². The molecule has 0 fully saturated rings. The average molecular weight is 332 g/mol. The first-order valence-corrected chi connectivity index (χ1v) is 8.07. The van der Waals surface area contributed by atoms with Crippen molar-refractivity contribution in [2.24, 2.45) is 0 Å². The van der Waals surface area contributed by atoms with E-state index in [9.17, 15) is 9.59 Å². The molecule has 1 aliphatic heterocycles. The van der Waals surface area contributed by atoms with Crippen LogP contribution in [0.3, 0.4) is 0 Å². The number of ether oxygens (including phenoxy) is 2. The summed E-state index contributed by atoms with van der Waals surface area (Å²) in [6.45, 7) is 0.713. The van der Waals surface area contributed by atoms with Crippen LogP contribution < -0.4 is 20.1 Å². The van der Waals surface area contributed by atoms with Gasteiger partial charge in [0.2, 0.25) is 12.7 Å². The van der Waals surface area contributed by atoms with Crippen LogP contribution in [0, 0.1) is 0 Å². The second kappa shape index (κ2) is 7.15. The van der Waals surface area contributed by atoms with Gasteiger partial charge in [-0.3, -0.25) is 9.59 Å². The molecule has 0 saturated carbocycles. The number of amides is 2. The molecule has 1 aromatic heterocycles. The summed E-state index contributed by atoms with van der Waals surface area (Å²) in [5.41, 5.74) is 1.05. The maximum absolute atomic E-state index is 11.7. The number of carbonyl (C=O) groups is 2. The highest BCUT2D eigenvalue weighted by atomic mass is 32.1. The maximum atomic E-state index is 11.7. The number of nitrogens with one attached hydrogen (secondary N) is 2. The van der Waals surface area contributed by atoms with Crippen molar-refractivity contribution in [3.63, 3.8) is 0 Å². The Morgan fingerprint density at radius 1 is 1.13 bits per heavy atom. The normalized spacial score (nSPS) is 12.0. The molecule has 2 heterocycles. The Morgan fingerprint density at radius 3 is 2.83 bits per heavy atom. The van der Waals surface area contributed by atoms with Crippen LogP contribution in [0.1, 0.15) is 15.2 Å². The Hall–Kier alpha value is -2.54. The van der Waals surface area contributed by atoms with E-state index in [0.29, 0.717) is 17.8 Å². The molecule has 2 N–H and O–H groups in total. The van der Waals surface area contributed by atoms with Gasteiger partial charge in [0.25, 0.3) is 5.91 Å². The molecule has 0 unspecified atom stereocenters. The van der Waals surface area contributed by atoms with Gasteiger partial charge in [0.05, 0.1) is 11.4 Å². The summed E-state index contributed by atoms with van der Waals surface area (Å²) in [6, 6.07) is 9.23. The van der Waals surface area contributed by atoms with Crippen molar-refractivity contribution >= 4 is 23.2 Å². The van der Waals surface area contributed by atoms with Crippen LogP contribution in [0.4, 0.5) is 0 Å². The number of hydrogen-bond acceptors (Lipinski definition) is 5. The molecule has 6 nitrogen and oxygen atoms in total. The van der Waals surface area contributed by atoms with Crippen molar-refractivity contribution in [3.05, 3.63) is 46.2 Å². The molecule has 1 aliphatic rings. The van der Waals surface area contributed by atoms with Crippen molar-refractivity contribution in [1.29, 1.82) is 0 Å². The monoisotopic (exact) mass is 332 g/mol. The SMILES string of the molecule is O=C(CNC(=O)c1cccs1)NCCc1ccc2c(c1)OCO2. The highest BCUT2D eigenvalue weighted by molar-refractivity contribution is 7.12. The number of thiophene rings is 1. The van der Waals surface area contributed by atoms with Crippen molar-refractivity contribution in [3.8, 4) is 11.5 Å². The van der Waals surface area contributed by atoms with Crippen LogP contribution >= 0.6 is 11.3 Å². The number of rotatable bonds is 6. The number of fused-ring (bicyclic) bond motifs is 1. The average Bonchev–Trinajstić information content (AvgIpc) is 3.23. The zero-order valence-corrected chi connectivity index (χ0v) is 13.2. The van der Waals surface area contributed by atoms with Crippen LogP contribution in [0.25, 0.3) is 0 Å². The molecule has 23 heavy (non-hydrogen) atoms. The van der Waals surface area contributed by atoms with E-state index >= 15 is 0 Å². The van der Waals surface area contributed by atoms with Gasteiger partial charge in [0.15, 0.2) is 11.5 Å². The molecule has 0 saturated heterocycles. The van der Waals surface area contributed by atoms with E-state index in [1.165, 1.54) is 11.3 Å². The van der Waals surface area contributed by atoms with E-state index in [0.717, 1.165) is 17.1 Å². The minimum atomic E-state index is -0.231. The minimum absolute atomic E-state index is 0.0299. The third kappa shape index (κ3) is 4.01. The van der Waals surface area contributed by atoms with E-state index in [-0.39, 0.29) is 25.2 Å². The molecule has 1 aromatic carbocycles. The van der Waals surface area contributed by atoms with Gasteiger partial charge >= 0.3 is 0 Å². The lowest BCUT2D eigenvalue weighted by Crippen LogP contribution is -2.37. The smallest absolute Gasteiger partial charge is 0.261 e. The van der Waals surface area contributed by atoms with Gasteiger partial charge in [-0.05, 0) is 35.6 Å². The van der Waals surface area contributed by atoms with Gasteiger partial charge in [0.1, 0.15) is 0 Å². The van der Waals surface area contributed by atoms with Crippen LogP contribution in [0.2, 0.25) is 0 Å². The molecular weight excluding hydrogens is 316 g/mol. The van der Waals surface area contributed by atoms with Gasteiger partial charge in [-0.15, -0.1) is 11.3 Å². The summed E-state index contributed by atoms with van der Waals surface area (Å²) in [5.74, 6) is 1.03. The topological polar surface area (TPSA) is 76.7 Å². The second-order valence-corrected chi connectivity index (χ2v) is 5.90. The van der Waals surface area contributed by atoms with Gasteiger partial charge in [0, 0.05) is 6.54 Å². The highest BCUT2D eigenvalue weighted by Gasteiger charge is 2.13. The van der Waals surface area contributed by atoms with Gasteiger partial charge in [-0.1, -0.05) is 12.1 Å². The zero-order chi connectivity index (χ0) is 16.1. The summed E-state index contributed by atoms with van der Waals surface area (Å²) in [4.78, 5) is 24.0. The first-order chi connectivity index (χ1) is 11.2. The van der Waals surface area contributed by atoms with E-state index in [4.69, 9.17) is 9.47 Å². The Kier molecular flexibility index (Phi) is 4.77. The predicted molar refractivity (Wildman–Crippen MR) is 85.9 cm³/mol. The third-order valence-electron chi connectivity index (χ3n) is 3.33. The third-order valence-corrected chi connectivity index (χ3v) is 4.20. The van der Waals surface area contributed by atoms with Gasteiger partial charge in [-0.25, -0.2) is 0 Å². The Balaban J connectivity index is 1.38. The Labute approximate surface area is 137 Å². The first-order valence-electron chi connectivity index (χ1n) is 7.19. The molecule has 0 atom stereocenters. The fourth-order valence-electron chi connectivity index (χ4n) is 2.16. The molecule has 0 radical (unpaired) electrons. The van der Waals surface area contributed by atoms with E-state index in [2.05, 4.69) is 10.6 Å². The molecule has 3 rings (SSSR count). The van der Waals surface area contributed by atoms with Gasteiger partial charge < -0.3 is 20.1 Å². The molecule has 0 aliphatic carbocycles. The molecule has 0 bridgehead atoms. The number of carbonyl (C=O) groups excluding carboxylic acids is 2. The second-order valence-electron chi connectivity index (χ2n) is 4.95. The molecule has 0 spiro atoms. The lowest BCUT2D eigenvalue weighted by Gasteiger charge is -2.07. The fraction of sp³-hybridized carbons (Fsp3) is 0.250. The van der Waals surface area contributed by atoms with Crippen LogP contribution in [0.5, 0.6) is 11.5 Å². The Bertz CT molecular complexity index is 700. The Morgan fingerprint density at radius 2 is 2.00 bits per heavy atom. The maximum Gasteiger partial charge on any atom is 0.261 e. The predicted octanol–water partition coefficient (Wildman–Crippen LogP) is 1.57. The summed E-state index contributed by atoms with van der Waals surface area (Å²) in [7, 11) is 0. The lowest BCUT2D eigenvalue weighted by molar-refractivity contribution is -0.120.